The Hall–Kier alpha value is -2.50. The van der Waals surface area contributed by atoms with Crippen LogP contribution in [0.3, 0.4) is 0 Å². The SMILES string of the molecule is CCCCC[C@@H]1CCCC(=C\c2ccc(F)cc2)/C1=N/OCCN1CCN(Cc2ccccc2)CC1. The van der Waals surface area contributed by atoms with Crippen LogP contribution in [0, 0.1) is 11.7 Å². The fourth-order valence-electron chi connectivity index (χ4n) is 5.32. The molecule has 1 saturated carbocycles. The van der Waals surface area contributed by atoms with Crippen LogP contribution in [0.2, 0.25) is 0 Å². The lowest BCUT2D eigenvalue weighted by molar-refractivity contribution is 0.0760. The smallest absolute Gasteiger partial charge is 0.129 e. The summed E-state index contributed by atoms with van der Waals surface area (Å²) >= 11 is 0. The lowest BCUT2D eigenvalue weighted by atomic mass is 9.80. The molecular weight excluding hydrogens is 449 g/mol. The van der Waals surface area contributed by atoms with Crippen LogP contribution in [0.25, 0.3) is 6.08 Å². The Morgan fingerprint density at radius 3 is 2.47 bits per heavy atom. The Labute approximate surface area is 216 Å². The lowest BCUT2D eigenvalue weighted by Crippen LogP contribution is -2.46. The quantitative estimate of drug-likeness (QED) is 0.256. The molecule has 2 aromatic carbocycles. The van der Waals surface area contributed by atoms with E-state index in [4.69, 9.17) is 9.99 Å². The normalized spacial score (nSPS) is 21.8. The average Bonchev–Trinajstić information content (AvgIpc) is 2.91. The summed E-state index contributed by atoms with van der Waals surface area (Å²) in [5.41, 5.74) is 4.79. The molecule has 0 N–H and O–H groups in total. The first kappa shape index (κ1) is 26.6. The third-order valence-electron chi connectivity index (χ3n) is 7.46. The zero-order valence-electron chi connectivity index (χ0n) is 21.9. The largest absolute Gasteiger partial charge is 0.394 e. The maximum absolute atomic E-state index is 13.4. The molecule has 5 heteroatoms. The van der Waals surface area contributed by atoms with Gasteiger partial charge in [0.2, 0.25) is 0 Å². The lowest BCUT2D eigenvalue weighted by Gasteiger charge is -2.34. The summed E-state index contributed by atoms with van der Waals surface area (Å²) in [7, 11) is 0. The minimum Gasteiger partial charge on any atom is -0.394 e. The van der Waals surface area contributed by atoms with E-state index in [0.717, 1.165) is 57.0 Å². The van der Waals surface area contributed by atoms with Crippen molar-refractivity contribution in [3.8, 4) is 0 Å². The van der Waals surface area contributed by atoms with Crippen molar-refractivity contribution in [3.63, 3.8) is 0 Å². The van der Waals surface area contributed by atoms with Crippen LogP contribution in [-0.2, 0) is 11.4 Å². The van der Waals surface area contributed by atoms with Gasteiger partial charge in [-0.15, -0.1) is 0 Å². The molecule has 2 fully saturated rings. The molecule has 0 bridgehead atoms. The van der Waals surface area contributed by atoms with Gasteiger partial charge in [-0.3, -0.25) is 9.80 Å². The van der Waals surface area contributed by atoms with Gasteiger partial charge in [0.25, 0.3) is 0 Å². The standard InChI is InChI=1S/C31H42FN3O/c1-2-3-5-11-28-12-8-13-29(24-26-14-16-30(32)17-15-26)31(28)33-36-23-22-34-18-20-35(21-19-34)25-27-9-6-4-7-10-27/h4,6-7,9-10,14-17,24,28H,2-3,5,8,11-13,18-23,25H2,1H3/b29-24+,33-31+/t28-/m1/s1. The van der Waals surface area contributed by atoms with Crippen molar-refractivity contribution < 1.29 is 9.23 Å². The fourth-order valence-corrected chi connectivity index (χ4v) is 5.32. The molecule has 0 radical (unpaired) electrons. The second-order valence-corrected chi connectivity index (χ2v) is 10.2. The number of hydrogen-bond donors (Lipinski definition) is 0. The third kappa shape index (κ3) is 8.28. The molecule has 2 aromatic rings. The van der Waals surface area contributed by atoms with Gasteiger partial charge in [0.05, 0.1) is 5.71 Å². The van der Waals surface area contributed by atoms with Crippen LogP contribution < -0.4 is 0 Å². The minimum atomic E-state index is -0.198. The molecule has 36 heavy (non-hydrogen) atoms. The van der Waals surface area contributed by atoms with E-state index in [-0.39, 0.29) is 5.82 Å². The van der Waals surface area contributed by atoms with Crippen LogP contribution in [0.4, 0.5) is 4.39 Å². The zero-order valence-corrected chi connectivity index (χ0v) is 21.9. The summed E-state index contributed by atoms with van der Waals surface area (Å²) in [5.74, 6) is 0.259. The number of nitrogens with zero attached hydrogens (tertiary/aromatic N) is 3. The van der Waals surface area contributed by atoms with E-state index >= 15 is 0 Å². The topological polar surface area (TPSA) is 28.1 Å². The number of hydrogen-bond acceptors (Lipinski definition) is 4. The van der Waals surface area contributed by atoms with E-state index in [9.17, 15) is 4.39 Å². The predicted molar refractivity (Wildman–Crippen MR) is 147 cm³/mol. The number of piperazine rings is 1. The molecule has 0 unspecified atom stereocenters. The van der Waals surface area contributed by atoms with Gasteiger partial charge in [0, 0.05) is 45.2 Å². The second kappa shape index (κ2) is 14.3. The van der Waals surface area contributed by atoms with Gasteiger partial charge in [0.15, 0.2) is 0 Å². The minimum absolute atomic E-state index is 0.198. The summed E-state index contributed by atoms with van der Waals surface area (Å²) in [4.78, 5) is 11.0. The van der Waals surface area contributed by atoms with Gasteiger partial charge < -0.3 is 4.84 Å². The van der Waals surface area contributed by atoms with Crippen LogP contribution in [0.15, 0.2) is 65.3 Å². The Kier molecular flexibility index (Phi) is 10.5. The molecular formula is C31H42FN3O. The highest BCUT2D eigenvalue weighted by molar-refractivity contribution is 6.05. The van der Waals surface area contributed by atoms with Gasteiger partial charge in [-0.05, 0) is 60.6 Å². The van der Waals surface area contributed by atoms with Crippen molar-refractivity contribution in [2.45, 2.75) is 58.4 Å². The van der Waals surface area contributed by atoms with Gasteiger partial charge in [-0.1, -0.05) is 73.8 Å². The molecule has 0 aromatic heterocycles. The van der Waals surface area contributed by atoms with E-state index in [1.54, 1.807) is 0 Å². The van der Waals surface area contributed by atoms with Gasteiger partial charge in [0.1, 0.15) is 12.4 Å². The van der Waals surface area contributed by atoms with E-state index in [1.165, 1.54) is 61.8 Å². The molecule has 1 aliphatic carbocycles. The van der Waals surface area contributed by atoms with E-state index in [2.05, 4.69) is 53.1 Å². The summed E-state index contributed by atoms with van der Waals surface area (Å²) in [5, 5.41) is 4.73. The zero-order chi connectivity index (χ0) is 25.0. The highest BCUT2D eigenvalue weighted by Gasteiger charge is 2.25. The van der Waals surface area contributed by atoms with Gasteiger partial charge >= 0.3 is 0 Å². The highest BCUT2D eigenvalue weighted by atomic mass is 19.1. The van der Waals surface area contributed by atoms with Crippen molar-refractivity contribution >= 4 is 11.8 Å². The van der Waals surface area contributed by atoms with Crippen LogP contribution >= 0.6 is 0 Å². The molecule has 1 saturated heterocycles. The van der Waals surface area contributed by atoms with Crippen molar-refractivity contribution in [2.75, 3.05) is 39.3 Å². The maximum atomic E-state index is 13.4. The van der Waals surface area contributed by atoms with Crippen LogP contribution in [0.5, 0.6) is 0 Å². The first-order valence-electron chi connectivity index (χ1n) is 13.9. The van der Waals surface area contributed by atoms with Crippen LogP contribution in [-0.4, -0.2) is 54.8 Å². The molecule has 1 heterocycles. The average molecular weight is 492 g/mol. The number of unbranched alkanes of at least 4 members (excludes halogenated alkanes) is 2. The molecule has 1 aliphatic heterocycles. The molecule has 0 spiro atoms. The Bertz CT molecular complexity index is 965. The molecule has 2 aliphatic rings. The monoisotopic (exact) mass is 491 g/mol. The first-order chi connectivity index (χ1) is 17.7. The number of benzene rings is 2. The summed E-state index contributed by atoms with van der Waals surface area (Å²) in [6.07, 6.45) is 10.4. The molecule has 1 atom stereocenters. The summed E-state index contributed by atoms with van der Waals surface area (Å²) < 4.78 is 13.4. The number of allylic oxidation sites excluding steroid dienone is 1. The fraction of sp³-hybridized carbons (Fsp3) is 0.516. The van der Waals surface area contributed by atoms with E-state index in [1.807, 2.05) is 12.1 Å². The second-order valence-electron chi connectivity index (χ2n) is 10.2. The Morgan fingerprint density at radius 2 is 1.72 bits per heavy atom. The van der Waals surface area contributed by atoms with Crippen molar-refractivity contribution in [1.29, 1.82) is 0 Å². The molecule has 194 valence electrons. The van der Waals surface area contributed by atoms with Crippen molar-refractivity contribution in [3.05, 3.63) is 77.1 Å². The Balaban J connectivity index is 1.30. The number of halogens is 1. The third-order valence-corrected chi connectivity index (χ3v) is 7.46. The summed E-state index contributed by atoms with van der Waals surface area (Å²) in [6.45, 7) is 9.13. The van der Waals surface area contributed by atoms with Gasteiger partial charge in [-0.2, -0.15) is 0 Å². The molecule has 0 amide bonds. The molecule has 4 nitrogen and oxygen atoms in total. The van der Waals surface area contributed by atoms with E-state index in [0.29, 0.717) is 12.5 Å². The predicted octanol–water partition coefficient (Wildman–Crippen LogP) is 6.78. The van der Waals surface area contributed by atoms with Crippen molar-refractivity contribution in [2.24, 2.45) is 11.1 Å². The van der Waals surface area contributed by atoms with Gasteiger partial charge in [-0.25, -0.2) is 4.39 Å². The summed E-state index contributed by atoms with van der Waals surface area (Å²) in [6, 6.07) is 17.5. The Morgan fingerprint density at radius 1 is 0.972 bits per heavy atom. The number of rotatable bonds is 11. The molecule has 4 rings (SSSR count). The van der Waals surface area contributed by atoms with Crippen molar-refractivity contribution in [1.82, 2.24) is 9.80 Å². The van der Waals surface area contributed by atoms with E-state index < -0.39 is 0 Å². The number of oxime groups is 1. The first-order valence-corrected chi connectivity index (χ1v) is 13.9. The van der Waals surface area contributed by atoms with Crippen LogP contribution in [0.1, 0.15) is 63.0 Å². The highest BCUT2D eigenvalue weighted by Crippen LogP contribution is 2.31. The maximum Gasteiger partial charge on any atom is 0.129 e.